The molecule has 4 rings (SSSR count). The number of ketones is 1. The fourth-order valence-corrected chi connectivity index (χ4v) is 7.07. The molecule has 3 fully saturated rings. The van der Waals surface area contributed by atoms with Crippen molar-refractivity contribution in [1.29, 1.82) is 0 Å². The summed E-state index contributed by atoms with van der Waals surface area (Å²) in [6, 6.07) is 0. The topological polar surface area (TPSA) is 63.3 Å². The van der Waals surface area contributed by atoms with Gasteiger partial charge in [-0.05, 0) is 85.6 Å². The maximum Gasteiger partial charge on any atom is 0.156 e. The molecule has 4 aliphatic carbocycles. The Morgan fingerprint density at radius 3 is 2.74 bits per heavy atom. The Kier molecular flexibility index (Phi) is 3.55. The molecule has 0 radical (unpaired) electrons. The van der Waals surface area contributed by atoms with Crippen LogP contribution in [0.25, 0.3) is 0 Å². The minimum Gasteiger partial charge on any atom is -0.393 e. The number of nitrogens with two attached hydrogens (primary N) is 1. The molecule has 0 spiro atoms. The highest BCUT2D eigenvalue weighted by atomic mass is 16.3. The monoisotopic (exact) mass is 317 g/mol. The molecule has 4 aliphatic rings. The number of fused-ring (bicyclic) bond motifs is 5. The van der Waals surface area contributed by atoms with E-state index in [4.69, 9.17) is 5.73 Å². The maximum absolute atomic E-state index is 12.1. The van der Waals surface area contributed by atoms with Gasteiger partial charge in [-0.2, -0.15) is 0 Å². The van der Waals surface area contributed by atoms with E-state index >= 15 is 0 Å². The summed E-state index contributed by atoms with van der Waals surface area (Å²) in [5, 5.41) is 10.5. The van der Waals surface area contributed by atoms with Crippen LogP contribution in [-0.4, -0.2) is 23.5 Å². The Hall–Kier alpha value is -0.670. The van der Waals surface area contributed by atoms with E-state index in [-0.39, 0.29) is 22.7 Å². The summed E-state index contributed by atoms with van der Waals surface area (Å²) in [6.45, 7) is 5.34. The summed E-state index contributed by atoms with van der Waals surface area (Å²) in [7, 11) is 0. The highest BCUT2D eigenvalue weighted by molar-refractivity contribution is 5.92. The molecule has 3 saturated carbocycles. The summed E-state index contributed by atoms with van der Waals surface area (Å²) in [5.41, 5.74) is 7.73. The molecule has 0 aromatic carbocycles. The lowest BCUT2D eigenvalue weighted by Gasteiger charge is -2.59. The third-order valence-corrected chi connectivity index (χ3v) is 8.51. The summed E-state index contributed by atoms with van der Waals surface area (Å²) >= 11 is 0. The number of rotatable bonds is 1. The Bertz CT molecular complexity index is 556. The molecule has 0 aliphatic heterocycles. The van der Waals surface area contributed by atoms with Crippen LogP contribution >= 0.6 is 0 Å². The summed E-state index contributed by atoms with van der Waals surface area (Å²) < 4.78 is 0. The first-order valence-corrected chi connectivity index (χ1v) is 9.53. The number of carbonyl (C=O) groups is 1. The number of carbonyl (C=O) groups excluding carboxylic acids is 1. The maximum atomic E-state index is 12.1. The van der Waals surface area contributed by atoms with E-state index in [0.29, 0.717) is 36.6 Å². The van der Waals surface area contributed by atoms with Gasteiger partial charge < -0.3 is 10.8 Å². The Morgan fingerprint density at radius 1 is 1.22 bits per heavy atom. The highest BCUT2D eigenvalue weighted by Gasteiger charge is 2.60. The molecule has 0 saturated heterocycles. The number of aliphatic hydroxyl groups is 1. The van der Waals surface area contributed by atoms with Crippen LogP contribution < -0.4 is 5.73 Å². The van der Waals surface area contributed by atoms with Gasteiger partial charge in [-0.3, -0.25) is 4.79 Å². The Balaban J connectivity index is 1.72. The molecule has 7 atom stereocenters. The van der Waals surface area contributed by atoms with E-state index in [1.54, 1.807) is 0 Å². The van der Waals surface area contributed by atoms with Crippen molar-refractivity contribution >= 4 is 5.78 Å². The van der Waals surface area contributed by atoms with E-state index in [1.807, 2.05) is 6.08 Å². The van der Waals surface area contributed by atoms with Crippen LogP contribution in [-0.2, 0) is 4.79 Å². The average molecular weight is 317 g/mol. The molecular formula is C20H31NO2. The van der Waals surface area contributed by atoms with E-state index in [9.17, 15) is 9.90 Å². The molecule has 128 valence electrons. The molecule has 3 N–H and O–H groups in total. The third kappa shape index (κ3) is 1.99. The predicted molar refractivity (Wildman–Crippen MR) is 90.6 cm³/mol. The molecule has 0 aromatic heterocycles. The zero-order valence-electron chi connectivity index (χ0n) is 14.6. The summed E-state index contributed by atoms with van der Waals surface area (Å²) in [6.07, 6.45) is 9.21. The molecule has 1 unspecified atom stereocenters. The van der Waals surface area contributed by atoms with Crippen molar-refractivity contribution in [2.75, 3.05) is 6.54 Å². The Morgan fingerprint density at radius 2 is 2.00 bits per heavy atom. The van der Waals surface area contributed by atoms with Gasteiger partial charge in [-0.1, -0.05) is 19.4 Å². The quantitative estimate of drug-likeness (QED) is 0.781. The summed E-state index contributed by atoms with van der Waals surface area (Å²) in [5.74, 6) is 2.59. The van der Waals surface area contributed by atoms with Crippen LogP contribution in [0.4, 0.5) is 0 Å². The smallest absolute Gasteiger partial charge is 0.156 e. The molecule has 0 amide bonds. The predicted octanol–water partition coefficient (Wildman–Crippen LogP) is 3.06. The van der Waals surface area contributed by atoms with Crippen LogP contribution in [0, 0.1) is 34.5 Å². The van der Waals surface area contributed by atoms with Crippen LogP contribution in [0.15, 0.2) is 11.6 Å². The van der Waals surface area contributed by atoms with Gasteiger partial charge in [0.05, 0.1) is 6.10 Å². The van der Waals surface area contributed by atoms with Crippen molar-refractivity contribution in [2.24, 2.45) is 40.2 Å². The largest absolute Gasteiger partial charge is 0.393 e. The average Bonchev–Trinajstić information content (AvgIpc) is 2.83. The lowest BCUT2D eigenvalue weighted by Crippen LogP contribution is -2.55. The fraction of sp³-hybridized carbons (Fsp3) is 0.850. The first-order valence-electron chi connectivity index (χ1n) is 9.53. The van der Waals surface area contributed by atoms with Crippen molar-refractivity contribution in [1.82, 2.24) is 0 Å². The second-order valence-corrected chi connectivity index (χ2v) is 9.11. The lowest BCUT2D eigenvalue weighted by molar-refractivity contribution is -0.121. The van der Waals surface area contributed by atoms with E-state index in [2.05, 4.69) is 13.8 Å². The summed E-state index contributed by atoms with van der Waals surface area (Å²) in [4.78, 5) is 12.1. The molecule has 0 heterocycles. The molecule has 3 nitrogen and oxygen atoms in total. The van der Waals surface area contributed by atoms with Crippen molar-refractivity contribution < 1.29 is 9.90 Å². The van der Waals surface area contributed by atoms with Gasteiger partial charge in [0.25, 0.3) is 0 Å². The molecule has 23 heavy (non-hydrogen) atoms. The number of aliphatic hydroxyl groups excluding tert-OH is 1. The van der Waals surface area contributed by atoms with Crippen LogP contribution in [0.1, 0.15) is 58.8 Å². The van der Waals surface area contributed by atoms with Gasteiger partial charge in [0, 0.05) is 6.42 Å². The molecular weight excluding hydrogens is 286 g/mol. The lowest BCUT2D eigenvalue weighted by atomic mass is 9.45. The van der Waals surface area contributed by atoms with Crippen molar-refractivity contribution in [2.45, 2.75) is 64.9 Å². The van der Waals surface area contributed by atoms with Gasteiger partial charge in [-0.25, -0.2) is 0 Å². The second kappa shape index (κ2) is 5.16. The second-order valence-electron chi connectivity index (χ2n) is 9.11. The third-order valence-electron chi connectivity index (χ3n) is 8.51. The van der Waals surface area contributed by atoms with Crippen LogP contribution in [0.3, 0.4) is 0 Å². The molecule has 0 aromatic rings. The number of allylic oxidation sites excluding steroid dienone is 1. The van der Waals surface area contributed by atoms with Gasteiger partial charge in [0.15, 0.2) is 5.78 Å². The molecule has 3 heteroatoms. The normalized spacial score (nSPS) is 52.4. The van der Waals surface area contributed by atoms with E-state index in [0.717, 1.165) is 19.3 Å². The van der Waals surface area contributed by atoms with Gasteiger partial charge >= 0.3 is 0 Å². The van der Waals surface area contributed by atoms with Gasteiger partial charge in [0.1, 0.15) is 0 Å². The first-order chi connectivity index (χ1) is 10.9. The highest BCUT2D eigenvalue weighted by Crippen LogP contribution is 2.66. The van der Waals surface area contributed by atoms with Crippen molar-refractivity contribution in [3.8, 4) is 0 Å². The van der Waals surface area contributed by atoms with E-state index < -0.39 is 0 Å². The van der Waals surface area contributed by atoms with Gasteiger partial charge in [-0.15, -0.1) is 0 Å². The zero-order valence-corrected chi connectivity index (χ0v) is 14.6. The first kappa shape index (κ1) is 15.8. The number of hydrogen-bond acceptors (Lipinski definition) is 3. The van der Waals surface area contributed by atoms with Crippen molar-refractivity contribution in [3.63, 3.8) is 0 Å². The van der Waals surface area contributed by atoms with E-state index in [1.165, 1.54) is 24.8 Å². The number of hydrogen-bond donors (Lipinski definition) is 2. The minimum absolute atomic E-state index is 0.112. The van der Waals surface area contributed by atoms with Crippen LogP contribution in [0.2, 0.25) is 0 Å². The Labute approximate surface area is 139 Å². The SMILES string of the molecule is C[C@]12CC[C@H]3[C@@H](CCC4=CC(=O)CC(CN)[C@@]43C)[C@@H]1CC[C@@H]2O. The minimum atomic E-state index is -0.114. The molecule has 0 bridgehead atoms. The zero-order chi connectivity index (χ0) is 16.4. The van der Waals surface area contributed by atoms with Crippen molar-refractivity contribution in [3.05, 3.63) is 11.6 Å². The standard InChI is InChI=1S/C20H31NO2/c1-19-8-7-17-15(16(19)5-6-18(19)23)4-3-12-9-14(22)10-13(11-21)20(12,17)2/h9,13,15-18,23H,3-8,10-11,21H2,1-2H3/t13?,15-,16-,17-,18-,19-,20+/m0/s1. The van der Waals surface area contributed by atoms with Crippen LogP contribution in [0.5, 0.6) is 0 Å². The fourth-order valence-electron chi connectivity index (χ4n) is 7.07. The van der Waals surface area contributed by atoms with Gasteiger partial charge in [0.2, 0.25) is 0 Å².